The number of rotatable bonds is 4. The smallest absolute Gasteiger partial charge is 0.0983 e. The van der Waals surface area contributed by atoms with Gasteiger partial charge in [0.25, 0.3) is 0 Å². The monoisotopic (exact) mass is 359 g/mol. The molecule has 1 unspecified atom stereocenters. The van der Waals surface area contributed by atoms with Crippen LogP contribution >= 0.6 is 11.6 Å². The summed E-state index contributed by atoms with van der Waals surface area (Å²) in [6, 6.07) is 8.68. The third-order valence-corrected chi connectivity index (χ3v) is 5.67. The molecule has 2 fully saturated rings. The van der Waals surface area contributed by atoms with Gasteiger partial charge >= 0.3 is 0 Å². The van der Waals surface area contributed by atoms with E-state index in [-0.39, 0.29) is 0 Å². The molecule has 134 valence electrons. The second kappa shape index (κ2) is 7.46. The SMILES string of the molecule is Cn1cc(CN2CCC(N3CCNCC3)C2)c(-c2ccccc2Cl)n1. The molecule has 1 aromatic heterocycles. The zero-order valence-corrected chi connectivity index (χ0v) is 15.5. The van der Waals surface area contributed by atoms with Crippen LogP contribution in [0.1, 0.15) is 12.0 Å². The Morgan fingerprint density at radius 3 is 2.80 bits per heavy atom. The van der Waals surface area contributed by atoms with Crippen LogP contribution in [0.4, 0.5) is 0 Å². The van der Waals surface area contributed by atoms with E-state index in [4.69, 9.17) is 11.6 Å². The molecule has 3 heterocycles. The Kier molecular flexibility index (Phi) is 5.08. The maximum Gasteiger partial charge on any atom is 0.0983 e. The number of aromatic nitrogens is 2. The van der Waals surface area contributed by atoms with Gasteiger partial charge in [-0.1, -0.05) is 29.8 Å². The van der Waals surface area contributed by atoms with Gasteiger partial charge in [-0.25, -0.2) is 0 Å². The van der Waals surface area contributed by atoms with Gasteiger partial charge in [0.2, 0.25) is 0 Å². The van der Waals surface area contributed by atoms with Crippen LogP contribution in [0.3, 0.4) is 0 Å². The number of hydrogen-bond acceptors (Lipinski definition) is 4. The molecule has 0 amide bonds. The molecule has 1 aromatic carbocycles. The standard InChI is InChI=1S/C19H26ClN5/c1-23-12-15(19(22-23)17-4-2-3-5-18(17)20)13-24-9-6-16(14-24)25-10-7-21-8-11-25/h2-5,12,16,21H,6-11,13-14H2,1H3. The number of hydrogen-bond donors (Lipinski definition) is 1. The Labute approximate surface area is 154 Å². The number of nitrogens with zero attached hydrogens (tertiary/aromatic N) is 4. The van der Waals surface area contributed by atoms with Crippen molar-refractivity contribution in [2.24, 2.45) is 7.05 Å². The highest BCUT2D eigenvalue weighted by atomic mass is 35.5. The van der Waals surface area contributed by atoms with Gasteiger partial charge in [0.05, 0.1) is 10.7 Å². The Morgan fingerprint density at radius 2 is 2.00 bits per heavy atom. The van der Waals surface area contributed by atoms with E-state index >= 15 is 0 Å². The van der Waals surface area contributed by atoms with E-state index in [1.165, 1.54) is 25.1 Å². The number of benzene rings is 1. The molecule has 0 aliphatic carbocycles. The van der Waals surface area contributed by atoms with Crippen LogP contribution in [0.2, 0.25) is 5.02 Å². The first-order chi connectivity index (χ1) is 12.2. The molecule has 0 bridgehead atoms. The van der Waals surface area contributed by atoms with E-state index in [0.29, 0.717) is 6.04 Å². The quantitative estimate of drug-likeness (QED) is 0.908. The van der Waals surface area contributed by atoms with Crippen molar-refractivity contribution in [3.05, 3.63) is 41.0 Å². The average molecular weight is 360 g/mol. The highest BCUT2D eigenvalue weighted by Gasteiger charge is 2.29. The average Bonchev–Trinajstić information content (AvgIpc) is 3.23. The van der Waals surface area contributed by atoms with Crippen LogP contribution in [0.25, 0.3) is 11.3 Å². The Balaban J connectivity index is 1.48. The molecule has 2 aromatic rings. The van der Waals surface area contributed by atoms with Crippen LogP contribution in [-0.2, 0) is 13.6 Å². The predicted molar refractivity (Wildman–Crippen MR) is 102 cm³/mol. The van der Waals surface area contributed by atoms with Crippen LogP contribution in [0.15, 0.2) is 30.5 Å². The van der Waals surface area contributed by atoms with Crippen molar-refractivity contribution in [3.63, 3.8) is 0 Å². The molecular formula is C19H26ClN5. The molecule has 2 aliphatic heterocycles. The van der Waals surface area contributed by atoms with Crippen LogP contribution in [0, 0.1) is 0 Å². The lowest BCUT2D eigenvalue weighted by Crippen LogP contribution is -2.49. The van der Waals surface area contributed by atoms with Gasteiger partial charge in [-0.15, -0.1) is 0 Å². The number of likely N-dealkylation sites (tertiary alicyclic amines) is 1. The highest BCUT2D eigenvalue weighted by molar-refractivity contribution is 6.33. The van der Waals surface area contributed by atoms with E-state index < -0.39 is 0 Å². The van der Waals surface area contributed by atoms with Crippen LogP contribution in [-0.4, -0.2) is 64.9 Å². The minimum Gasteiger partial charge on any atom is -0.314 e. The normalized spacial score (nSPS) is 22.6. The fraction of sp³-hybridized carbons (Fsp3) is 0.526. The Bertz CT molecular complexity index is 722. The zero-order chi connectivity index (χ0) is 17.2. The lowest BCUT2D eigenvalue weighted by Gasteiger charge is -2.32. The van der Waals surface area contributed by atoms with Gasteiger partial charge in [0.15, 0.2) is 0 Å². The highest BCUT2D eigenvalue weighted by Crippen LogP contribution is 2.30. The van der Waals surface area contributed by atoms with Crippen molar-refractivity contribution in [1.82, 2.24) is 24.9 Å². The van der Waals surface area contributed by atoms with Crippen molar-refractivity contribution >= 4 is 11.6 Å². The topological polar surface area (TPSA) is 36.3 Å². The first-order valence-electron chi connectivity index (χ1n) is 9.15. The molecule has 25 heavy (non-hydrogen) atoms. The lowest BCUT2D eigenvalue weighted by molar-refractivity contribution is 0.170. The number of aryl methyl sites for hydroxylation is 1. The second-order valence-electron chi connectivity index (χ2n) is 7.12. The zero-order valence-electron chi connectivity index (χ0n) is 14.8. The third-order valence-electron chi connectivity index (χ3n) is 5.34. The van der Waals surface area contributed by atoms with E-state index in [1.807, 2.05) is 29.9 Å². The van der Waals surface area contributed by atoms with E-state index in [2.05, 4.69) is 32.5 Å². The number of nitrogens with one attached hydrogen (secondary N) is 1. The van der Waals surface area contributed by atoms with Crippen molar-refractivity contribution in [3.8, 4) is 11.3 Å². The molecule has 1 N–H and O–H groups in total. The molecule has 2 saturated heterocycles. The maximum absolute atomic E-state index is 6.41. The van der Waals surface area contributed by atoms with Crippen molar-refractivity contribution < 1.29 is 0 Å². The largest absolute Gasteiger partial charge is 0.314 e. The van der Waals surface area contributed by atoms with E-state index in [1.54, 1.807) is 0 Å². The minimum atomic E-state index is 0.697. The Hall–Kier alpha value is -1.40. The Morgan fingerprint density at radius 1 is 1.20 bits per heavy atom. The summed E-state index contributed by atoms with van der Waals surface area (Å²) in [5, 5.41) is 8.89. The summed E-state index contributed by atoms with van der Waals surface area (Å²) >= 11 is 6.41. The molecule has 4 rings (SSSR count). The summed E-state index contributed by atoms with van der Waals surface area (Å²) < 4.78 is 1.90. The lowest BCUT2D eigenvalue weighted by atomic mass is 10.1. The minimum absolute atomic E-state index is 0.697. The van der Waals surface area contributed by atoms with Crippen molar-refractivity contribution in [2.75, 3.05) is 39.3 Å². The van der Waals surface area contributed by atoms with Gasteiger partial charge in [-0.3, -0.25) is 14.5 Å². The summed E-state index contributed by atoms with van der Waals surface area (Å²) in [5.41, 5.74) is 3.30. The van der Waals surface area contributed by atoms with Crippen LogP contribution < -0.4 is 5.32 Å². The summed E-state index contributed by atoms with van der Waals surface area (Å²) in [4.78, 5) is 5.21. The summed E-state index contributed by atoms with van der Waals surface area (Å²) in [6.45, 7) is 7.84. The molecule has 2 aliphatic rings. The fourth-order valence-electron chi connectivity index (χ4n) is 4.08. The van der Waals surface area contributed by atoms with Crippen molar-refractivity contribution in [1.29, 1.82) is 0 Å². The van der Waals surface area contributed by atoms with E-state index in [0.717, 1.165) is 49.0 Å². The third kappa shape index (κ3) is 3.75. The molecule has 0 radical (unpaired) electrons. The van der Waals surface area contributed by atoms with Gasteiger partial charge in [-0.2, -0.15) is 5.10 Å². The molecular weight excluding hydrogens is 334 g/mol. The van der Waals surface area contributed by atoms with Gasteiger partial charge in [0.1, 0.15) is 0 Å². The van der Waals surface area contributed by atoms with Crippen LogP contribution in [0.5, 0.6) is 0 Å². The molecule has 1 atom stereocenters. The fourth-order valence-corrected chi connectivity index (χ4v) is 4.30. The number of halogens is 1. The molecule has 0 spiro atoms. The van der Waals surface area contributed by atoms with Crippen molar-refractivity contribution in [2.45, 2.75) is 19.0 Å². The van der Waals surface area contributed by atoms with Gasteiger partial charge in [0, 0.05) is 76.2 Å². The second-order valence-corrected chi connectivity index (χ2v) is 7.53. The maximum atomic E-state index is 6.41. The predicted octanol–water partition coefficient (Wildman–Crippen LogP) is 2.22. The van der Waals surface area contributed by atoms with E-state index in [9.17, 15) is 0 Å². The molecule has 6 heteroatoms. The first-order valence-corrected chi connectivity index (χ1v) is 9.53. The van der Waals surface area contributed by atoms with Gasteiger partial charge in [-0.05, 0) is 12.5 Å². The summed E-state index contributed by atoms with van der Waals surface area (Å²) in [5.74, 6) is 0. The molecule has 0 saturated carbocycles. The first kappa shape index (κ1) is 17.0. The summed E-state index contributed by atoms with van der Waals surface area (Å²) in [7, 11) is 1.98. The van der Waals surface area contributed by atoms with Gasteiger partial charge < -0.3 is 5.32 Å². The molecule has 5 nitrogen and oxygen atoms in total. The summed E-state index contributed by atoms with van der Waals surface area (Å²) in [6.07, 6.45) is 3.40. The number of piperazine rings is 1.